The van der Waals surface area contributed by atoms with Gasteiger partial charge in [0, 0.05) is 18.1 Å². The summed E-state index contributed by atoms with van der Waals surface area (Å²) in [5.41, 5.74) is 5.99. The summed E-state index contributed by atoms with van der Waals surface area (Å²) in [5.74, 6) is 0.00167. The van der Waals surface area contributed by atoms with Gasteiger partial charge in [0.25, 0.3) is 0 Å². The predicted octanol–water partition coefficient (Wildman–Crippen LogP) is 1.32. The number of carbonyl (C=O) groups is 1. The zero-order valence-corrected chi connectivity index (χ0v) is 11.7. The van der Waals surface area contributed by atoms with Gasteiger partial charge in [0.2, 0.25) is 0 Å². The van der Waals surface area contributed by atoms with Crippen molar-refractivity contribution in [2.24, 2.45) is 5.73 Å². The first kappa shape index (κ1) is 15.4. The summed E-state index contributed by atoms with van der Waals surface area (Å²) in [4.78, 5) is 10.8. The maximum Gasteiger partial charge on any atom is 0.320 e. The lowest BCUT2D eigenvalue weighted by molar-refractivity contribution is -0.138. The molecule has 0 saturated carbocycles. The van der Waals surface area contributed by atoms with Gasteiger partial charge in [-0.15, -0.1) is 0 Å². The first-order valence-electron chi connectivity index (χ1n) is 5.41. The van der Waals surface area contributed by atoms with E-state index in [1.165, 1.54) is 21.3 Å². The Morgan fingerprint density at radius 2 is 1.89 bits per heavy atom. The van der Waals surface area contributed by atoms with Gasteiger partial charge in [-0.25, -0.2) is 0 Å². The SMILES string of the molecule is COc1cc(OC)c(OC)c(Cl)c1CC(N)C(=O)O. The van der Waals surface area contributed by atoms with Gasteiger partial charge in [0.05, 0.1) is 26.4 Å². The molecule has 0 aromatic heterocycles. The highest BCUT2D eigenvalue weighted by Crippen LogP contribution is 2.43. The van der Waals surface area contributed by atoms with Crippen molar-refractivity contribution in [3.8, 4) is 17.2 Å². The third-order valence-corrected chi connectivity index (χ3v) is 3.03. The van der Waals surface area contributed by atoms with Crippen molar-refractivity contribution >= 4 is 17.6 Å². The molecule has 1 atom stereocenters. The zero-order chi connectivity index (χ0) is 14.6. The van der Waals surface area contributed by atoms with Crippen LogP contribution in [0, 0.1) is 0 Å². The van der Waals surface area contributed by atoms with Gasteiger partial charge in [-0.2, -0.15) is 0 Å². The Morgan fingerprint density at radius 1 is 1.32 bits per heavy atom. The molecule has 0 bridgehead atoms. The summed E-state index contributed by atoms with van der Waals surface area (Å²) in [6.45, 7) is 0. The van der Waals surface area contributed by atoms with Crippen molar-refractivity contribution in [3.05, 3.63) is 16.7 Å². The van der Waals surface area contributed by atoms with Gasteiger partial charge in [-0.05, 0) is 0 Å². The number of hydrogen-bond acceptors (Lipinski definition) is 5. The maximum absolute atomic E-state index is 10.8. The van der Waals surface area contributed by atoms with E-state index in [0.717, 1.165) is 0 Å². The first-order valence-corrected chi connectivity index (χ1v) is 5.79. The molecule has 1 unspecified atom stereocenters. The third kappa shape index (κ3) is 3.21. The minimum atomic E-state index is -1.12. The van der Waals surface area contributed by atoms with Crippen molar-refractivity contribution in [2.75, 3.05) is 21.3 Å². The van der Waals surface area contributed by atoms with E-state index in [1.807, 2.05) is 0 Å². The molecule has 0 amide bonds. The molecule has 0 aliphatic carbocycles. The fourth-order valence-electron chi connectivity index (χ4n) is 1.65. The van der Waals surface area contributed by atoms with E-state index in [4.69, 9.17) is 36.7 Å². The van der Waals surface area contributed by atoms with Crippen LogP contribution in [0.15, 0.2) is 6.07 Å². The Balaban J connectivity index is 3.32. The minimum absolute atomic E-state index is 0.0255. The van der Waals surface area contributed by atoms with E-state index in [9.17, 15) is 4.79 Å². The van der Waals surface area contributed by atoms with Crippen LogP contribution in [-0.2, 0) is 11.2 Å². The molecule has 0 saturated heterocycles. The van der Waals surface area contributed by atoms with E-state index in [1.54, 1.807) is 6.07 Å². The molecule has 3 N–H and O–H groups in total. The molecule has 0 radical (unpaired) electrons. The summed E-state index contributed by atoms with van der Waals surface area (Å²) < 4.78 is 15.5. The van der Waals surface area contributed by atoms with Crippen LogP contribution < -0.4 is 19.9 Å². The number of benzene rings is 1. The van der Waals surface area contributed by atoms with Crippen LogP contribution >= 0.6 is 11.6 Å². The lowest BCUT2D eigenvalue weighted by atomic mass is 10.0. The fraction of sp³-hybridized carbons (Fsp3) is 0.417. The molecular weight excluding hydrogens is 274 g/mol. The number of ether oxygens (including phenoxy) is 3. The van der Waals surface area contributed by atoms with Crippen LogP contribution in [0.2, 0.25) is 5.02 Å². The number of rotatable bonds is 6. The van der Waals surface area contributed by atoms with Crippen LogP contribution in [-0.4, -0.2) is 38.4 Å². The normalized spacial score (nSPS) is 11.8. The Labute approximate surface area is 116 Å². The molecule has 1 rings (SSSR count). The smallest absolute Gasteiger partial charge is 0.320 e. The highest BCUT2D eigenvalue weighted by Gasteiger charge is 2.23. The molecule has 1 aromatic rings. The molecule has 1 aromatic carbocycles. The molecule has 0 fully saturated rings. The Hall–Kier alpha value is -1.66. The van der Waals surface area contributed by atoms with Gasteiger partial charge in [-0.3, -0.25) is 4.79 Å². The zero-order valence-electron chi connectivity index (χ0n) is 10.9. The highest BCUT2D eigenvalue weighted by molar-refractivity contribution is 6.33. The molecule has 0 spiro atoms. The van der Waals surface area contributed by atoms with Crippen LogP contribution in [0.1, 0.15) is 5.56 Å². The highest BCUT2D eigenvalue weighted by atomic mass is 35.5. The second-order valence-corrected chi connectivity index (χ2v) is 4.13. The van der Waals surface area contributed by atoms with Crippen molar-refractivity contribution in [1.82, 2.24) is 0 Å². The van der Waals surface area contributed by atoms with Crippen molar-refractivity contribution < 1.29 is 24.1 Å². The summed E-state index contributed by atoms with van der Waals surface area (Å²) in [6, 6.07) is 0.499. The van der Waals surface area contributed by atoms with Crippen molar-refractivity contribution in [1.29, 1.82) is 0 Å². The molecule has 106 valence electrons. The van der Waals surface area contributed by atoms with Crippen molar-refractivity contribution in [3.63, 3.8) is 0 Å². The topological polar surface area (TPSA) is 91.0 Å². The van der Waals surface area contributed by atoms with E-state index in [-0.39, 0.29) is 11.4 Å². The Morgan fingerprint density at radius 3 is 2.32 bits per heavy atom. The first-order chi connectivity index (χ1) is 8.96. The van der Waals surface area contributed by atoms with Crippen LogP contribution in [0.5, 0.6) is 17.2 Å². The van der Waals surface area contributed by atoms with Crippen LogP contribution in [0.25, 0.3) is 0 Å². The molecule has 0 heterocycles. The fourth-order valence-corrected chi connectivity index (χ4v) is 1.99. The van der Waals surface area contributed by atoms with Gasteiger partial charge >= 0.3 is 5.97 Å². The molecule has 19 heavy (non-hydrogen) atoms. The number of nitrogens with two attached hydrogens (primary N) is 1. The quantitative estimate of drug-likeness (QED) is 0.821. The number of methoxy groups -OCH3 is 3. The number of hydrogen-bond donors (Lipinski definition) is 2. The van der Waals surface area contributed by atoms with E-state index >= 15 is 0 Å². The summed E-state index contributed by atoms with van der Waals surface area (Å²) in [6.07, 6.45) is 0.0255. The predicted molar refractivity (Wildman–Crippen MR) is 70.4 cm³/mol. The second-order valence-electron chi connectivity index (χ2n) is 3.76. The lowest BCUT2D eigenvalue weighted by Crippen LogP contribution is -2.32. The number of carboxylic acids is 1. The average Bonchev–Trinajstić information content (AvgIpc) is 2.39. The standard InChI is InChI=1S/C12H16ClNO5/c1-17-8-5-9(18-2)11(19-3)10(13)6(8)4-7(14)12(15)16/h5,7H,4,14H2,1-3H3,(H,15,16). The molecule has 7 heteroatoms. The second kappa shape index (κ2) is 6.49. The molecule has 0 aliphatic heterocycles. The molecular formula is C12H16ClNO5. The van der Waals surface area contributed by atoms with Gasteiger partial charge < -0.3 is 25.1 Å². The number of carboxylic acid groups (broad SMARTS) is 1. The largest absolute Gasteiger partial charge is 0.496 e. The Bertz CT molecular complexity index is 478. The van der Waals surface area contributed by atoms with E-state index in [0.29, 0.717) is 22.8 Å². The van der Waals surface area contributed by atoms with Crippen LogP contribution in [0.4, 0.5) is 0 Å². The summed E-state index contributed by atoms with van der Waals surface area (Å²) in [5, 5.41) is 9.09. The van der Waals surface area contributed by atoms with Crippen LogP contribution in [0.3, 0.4) is 0 Å². The number of aliphatic carboxylic acids is 1. The molecule has 0 aliphatic rings. The number of halogens is 1. The van der Waals surface area contributed by atoms with E-state index in [2.05, 4.69) is 0 Å². The maximum atomic E-state index is 10.8. The summed E-state index contributed by atoms with van der Waals surface area (Å²) in [7, 11) is 4.36. The van der Waals surface area contributed by atoms with E-state index < -0.39 is 12.0 Å². The molecule has 6 nitrogen and oxygen atoms in total. The third-order valence-electron chi connectivity index (χ3n) is 2.63. The van der Waals surface area contributed by atoms with Gasteiger partial charge in [-0.1, -0.05) is 11.6 Å². The summed E-state index contributed by atoms with van der Waals surface area (Å²) >= 11 is 6.19. The van der Waals surface area contributed by atoms with Gasteiger partial charge in [0.15, 0.2) is 11.5 Å². The average molecular weight is 290 g/mol. The Kier molecular flexibility index (Phi) is 5.26. The van der Waals surface area contributed by atoms with Gasteiger partial charge in [0.1, 0.15) is 11.8 Å². The monoisotopic (exact) mass is 289 g/mol. The lowest BCUT2D eigenvalue weighted by Gasteiger charge is -2.17. The minimum Gasteiger partial charge on any atom is -0.496 e. The van der Waals surface area contributed by atoms with Crippen molar-refractivity contribution in [2.45, 2.75) is 12.5 Å².